The largest absolute Gasteiger partial charge is 0.379 e. The SMILES string of the molecule is CC(C)NCC1CCN(CCOCCN(C)C)C1. The van der Waals surface area contributed by atoms with E-state index in [-0.39, 0.29) is 0 Å². The van der Waals surface area contributed by atoms with Crippen molar-refractivity contribution in [3.63, 3.8) is 0 Å². The third-order valence-electron chi connectivity index (χ3n) is 3.42. The van der Waals surface area contributed by atoms with Crippen molar-refractivity contribution in [2.45, 2.75) is 26.3 Å². The zero-order valence-corrected chi connectivity index (χ0v) is 12.6. The van der Waals surface area contributed by atoms with Crippen LogP contribution in [-0.2, 0) is 4.74 Å². The molecule has 1 fully saturated rings. The van der Waals surface area contributed by atoms with E-state index in [2.05, 4.69) is 43.1 Å². The number of nitrogens with one attached hydrogen (secondary N) is 1. The van der Waals surface area contributed by atoms with Gasteiger partial charge < -0.3 is 19.9 Å². The van der Waals surface area contributed by atoms with Gasteiger partial charge in [-0.05, 0) is 39.5 Å². The van der Waals surface area contributed by atoms with E-state index in [0.29, 0.717) is 6.04 Å². The number of likely N-dealkylation sites (tertiary alicyclic amines) is 1. The molecular weight excluding hydrogens is 226 g/mol. The Morgan fingerprint density at radius 1 is 1.33 bits per heavy atom. The molecule has 1 aliphatic heterocycles. The fourth-order valence-electron chi connectivity index (χ4n) is 2.23. The van der Waals surface area contributed by atoms with E-state index in [1.807, 2.05) is 0 Å². The second-order valence-corrected chi connectivity index (χ2v) is 5.93. The molecule has 0 spiro atoms. The van der Waals surface area contributed by atoms with Crippen molar-refractivity contribution in [1.82, 2.24) is 15.1 Å². The summed E-state index contributed by atoms with van der Waals surface area (Å²) in [6.45, 7) is 11.9. The fourth-order valence-corrected chi connectivity index (χ4v) is 2.23. The summed E-state index contributed by atoms with van der Waals surface area (Å²) in [6.07, 6.45) is 1.33. The Morgan fingerprint density at radius 2 is 2.11 bits per heavy atom. The molecule has 4 nitrogen and oxygen atoms in total. The quantitative estimate of drug-likeness (QED) is 0.621. The van der Waals surface area contributed by atoms with E-state index < -0.39 is 0 Å². The van der Waals surface area contributed by atoms with Crippen LogP contribution in [0.3, 0.4) is 0 Å². The monoisotopic (exact) mass is 257 g/mol. The Bertz CT molecular complexity index is 209. The van der Waals surface area contributed by atoms with E-state index in [1.54, 1.807) is 0 Å². The van der Waals surface area contributed by atoms with Crippen molar-refractivity contribution in [3.8, 4) is 0 Å². The van der Waals surface area contributed by atoms with E-state index in [1.165, 1.54) is 19.5 Å². The first kappa shape index (κ1) is 15.9. The van der Waals surface area contributed by atoms with Crippen LogP contribution in [-0.4, -0.2) is 75.9 Å². The highest BCUT2D eigenvalue weighted by Gasteiger charge is 2.21. The molecule has 0 amide bonds. The Balaban J connectivity index is 1.97. The Labute approximate surface area is 113 Å². The van der Waals surface area contributed by atoms with Crippen LogP contribution in [0.25, 0.3) is 0 Å². The van der Waals surface area contributed by atoms with Gasteiger partial charge in [0.25, 0.3) is 0 Å². The number of likely N-dealkylation sites (N-methyl/N-ethyl adjacent to an activating group) is 1. The Kier molecular flexibility index (Phi) is 7.82. The number of rotatable bonds is 9. The maximum atomic E-state index is 5.64. The van der Waals surface area contributed by atoms with E-state index in [0.717, 1.165) is 38.8 Å². The molecule has 1 N–H and O–H groups in total. The summed E-state index contributed by atoms with van der Waals surface area (Å²) < 4.78 is 5.64. The summed E-state index contributed by atoms with van der Waals surface area (Å²) in [5.41, 5.74) is 0. The van der Waals surface area contributed by atoms with Gasteiger partial charge in [-0.15, -0.1) is 0 Å². The average molecular weight is 257 g/mol. The van der Waals surface area contributed by atoms with Crippen LogP contribution in [0.1, 0.15) is 20.3 Å². The summed E-state index contributed by atoms with van der Waals surface area (Å²) in [4.78, 5) is 4.69. The van der Waals surface area contributed by atoms with Gasteiger partial charge in [0.05, 0.1) is 13.2 Å². The molecule has 1 rings (SSSR count). The Morgan fingerprint density at radius 3 is 2.78 bits per heavy atom. The highest BCUT2D eigenvalue weighted by atomic mass is 16.5. The predicted molar refractivity (Wildman–Crippen MR) is 77.1 cm³/mol. The van der Waals surface area contributed by atoms with Crippen molar-refractivity contribution in [3.05, 3.63) is 0 Å². The van der Waals surface area contributed by atoms with E-state index in [4.69, 9.17) is 4.74 Å². The number of nitrogens with zero attached hydrogens (tertiary/aromatic N) is 2. The highest BCUT2D eigenvalue weighted by Crippen LogP contribution is 2.14. The first-order chi connectivity index (χ1) is 8.58. The van der Waals surface area contributed by atoms with Gasteiger partial charge in [0.1, 0.15) is 0 Å². The molecule has 4 heteroatoms. The molecular formula is C14H31N3O. The lowest BCUT2D eigenvalue weighted by molar-refractivity contribution is 0.0975. The minimum Gasteiger partial charge on any atom is -0.379 e. The summed E-state index contributed by atoms with van der Waals surface area (Å²) in [7, 11) is 4.16. The summed E-state index contributed by atoms with van der Waals surface area (Å²) in [6, 6.07) is 0.605. The van der Waals surface area contributed by atoms with Crippen LogP contribution < -0.4 is 5.32 Å². The van der Waals surface area contributed by atoms with Crippen molar-refractivity contribution >= 4 is 0 Å². The fraction of sp³-hybridized carbons (Fsp3) is 1.00. The van der Waals surface area contributed by atoms with Gasteiger partial charge in [0.15, 0.2) is 0 Å². The highest BCUT2D eigenvalue weighted by molar-refractivity contribution is 4.77. The van der Waals surface area contributed by atoms with Crippen molar-refractivity contribution < 1.29 is 4.74 Å². The molecule has 1 heterocycles. The zero-order chi connectivity index (χ0) is 13.4. The van der Waals surface area contributed by atoms with Crippen LogP contribution in [0.15, 0.2) is 0 Å². The van der Waals surface area contributed by atoms with Gasteiger partial charge in [-0.2, -0.15) is 0 Å². The molecule has 0 aromatic rings. The molecule has 0 aromatic heterocycles. The number of hydrogen-bond donors (Lipinski definition) is 1. The standard InChI is InChI=1S/C14H31N3O/c1-13(2)15-11-14-5-6-17(12-14)8-10-18-9-7-16(3)4/h13-15H,5-12H2,1-4H3. The second kappa shape index (κ2) is 8.86. The molecule has 1 aliphatic rings. The first-order valence-corrected chi connectivity index (χ1v) is 7.26. The molecule has 18 heavy (non-hydrogen) atoms. The normalized spacial score (nSPS) is 21.3. The second-order valence-electron chi connectivity index (χ2n) is 5.93. The van der Waals surface area contributed by atoms with Gasteiger partial charge in [-0.1, -0.05) is 13.8 Å². The van der Waals surface area contributed by atoms with E-state index >= 15 is 0 Å². The van der Waals surface area contributed by atoms with Crippen LogP contribution in [0.4, 0.5) is 0 Å². The smallest absolute Gasteiger partial charge is 0.0594 e. The first-order valence-electron chi connectivity index (χ1n) is 7.26. The molecule has 108 valence electrons. The molecule has 1 unspecified atom stereocenters. The average Bonchev–Trinajstić information content (AvgIpc) is 2.73. The lowest BCUT2D eigenvalue weighted by Crippen LogP contribution is -2.31. The minimum atomic E-state index is 0.605. The van der Waals surface area contributed by atoms with Gasteiger partial charge in [0.2, 0.25) is 0 Å². The molecule has 1 saturated heterocycles. The summed E-state index contributed by atoms with van der Waals surface area (Å²) in [5.74, 6) is 0.828. The number of ether oxygens (including phenoxy) is 1. The van der Waals surface area contributed by atoms with Crippen molar-refractivity contribution in [2.75, 3.05) is 60.0 Å². The van der Waals surface area contributed by atoms with Crippen LogP contribution in [0, 0.1) is 5.92 Å². The maximum Gasteiger partial charge on any atom is 0.0594 e. The molecule has 0 radical (unpaired) electrons. The molecule has 0 saturated carbocycles. The molecule has 0 aromatic carbocycles. The maximum absolute atomic E-state index is 5.64. The zero-order valence-electron chi connectivity index (χ0n) is 12.6. The Hall–Kier alpha value is -0.160. The van der Waals surface area contributed by atoms with Gasteiger partial charge in [-0.3, -0.25) is 0 Å². The third-order valence-corrected chi connectivity index (χ3v) is 3.42. The third kappa shape index (κ3) is 7.31. The predicted octanol–water partition coefficient (Wildman–Crippen LogP) is 0.885. The molecule has 1 atom stereocenters. The van der Waals surface area contributed by atoms with Gasteiger partial charge in [-0.25, -0.2) is 0 Å². The summed E-state index contributed by atoms with van der Waals surface area (Å²) >= 11 is 0. The number of hydrogen-bond acceptors (Lipinski definition) is 4. The lowest BCUT2D eigenvalue weighted by Gasteiger charge is -2.17. The van der Waals surface area contributed by atoms with Crippen molar-refractivity contribution in [1.29, 1.82) is 0 Å². The van der Waals surface area contributed by atoms with Gasteiger partial charge in [0, 0.05) is 25.7 Å². The molecule has 0 aliphatic carbocycles. The van der Waals surface area contributed by atoms with Crippen LogP contribution >= 0.6 is 0 Å². The topological polar surface area (TPSA) is 27.7 Å². The van der Waals surface area contributed by atoms with Crippen LogP contribution in [0.2, 0.25) is 0 Å². The van der Waals surface area contributed by atoms with Gasteiger partial charge >= 0.3 is 0 Å². The summed E-state index contributed by atoms with van der Waals surface area (Å²) in [5, 5.41) is 3.53. The minimum absolute atomic E-state index is 0.605. The van der Waals surface area contributed by atoms with E-state index in [9.17, 15) is 0 Å². The van der Waals surface area contributed by atoms with Crippen LogP contribution in [0.5, 0.6) is 0 Å². The van der Waals surface area contributed by atoms with Crippen molar-refractivity contribution in [2.24, 2.45) is 5.92 Å². The lowest BCUT2D eigenvalue weighted by atomic mass is 10.1. The molecule has 0 bridgehead atoms.